The Labute approximate surface area is 250 Å². The fourth-order valence-electron chi connectivity index (χ4n) is 3.66. The number of carbonyl (C=O) groups excluding carboxylic acids is 4. The third kappa shape index (κ3) is 15.5. The van der Waals surface area contributed by atoms with Gasteiger partial charge in [0, 0.05) is 19.5 Å². The van der Waals surface area contributed by atoms with Crippen molar-refractivity contribution in [1.29, 1.82) is 0 Å². The van der Waals surface area contributed by atoms with Crippen molar-refractivity contribution >= 4 is 47.8 Å². The molecule has 3 atom stereocenters. The highest BCUT2D eigenvalue weighted by Crippen LogP contribution is 2.06. The van der Waals surface area contributed by atoms with Crippen molar-refractivity contribution in [2.45, 2.75) is 69.6 Å². The van der Waals surface area contributed by atoms with Gasteiger partial charge in [-0.3, -0.25) is 19.2 Å². The highest BCUT2D eigenvalue weighted by atomic mass is 16.4. The summed E-state index contributed by atoms with van der Waals surface area (Å²) >= 11 is 0. The van der Waals surface area contributed by atoms with Gasteiger partial charge in [0.15, 0.2) is 0 Å². The number of benzene rings is 1. The number of carboxylic acids is 4. The minimum Gasteiger partial charge on any atom is -0.481 e. The molecule has 11 N–H and O–H groups in total. The lowest BCUT2D eigenvalue weighted by molar-refractivity contribution is -0.141. The van der Waals surface area contributed by atoms with Gasteiger partial charge in [-0.25, -0.2) is 19.2 Å². The minimum absolute atomic E-state index is 0.0218. The predicted molar refractivity (Wildman–Crippen MR) is 149 cm³/mol. The number of unbranched alkanes of at least 4 members (excludes halogenated alkanes) is 1. The van der Waals surface area contributed by atoms with E-state index in [1.165, 1.54) is 0 Å². The largest absolute Gasteiger partial charge is 0.481 e. The average Bonchev–Trinajstić information content (AvgIpc) is 2.93. The van der Waals surface area contributed by atoms with Gasteiger partial charge in [-0.2, -0.15) is 0 Å². The molecule has 0 fully saturated rings. The number of carboxylic acid groups (broad SMARTS) is 4. The minimum atomic E-state index is -1.51. The van der Waals surface area contributed by atoms with Crippen LogP contribution in [-0.2, 0) is 41.7 Å². The van der Waals surface area contributed by atoms with Gasteiger partial charge in [0.1, 0.15) is 18.1 Å². The van der Waals surface area contributed by atoms with Crippen LogP contribution in [0.5, 0.6) is 0 Å². The Balaban J connectivity index is 2.38. The molecule has 18 heteroatoms. The van der Waals surface area contributed by atoms with Crippen LogP contribution in [0, 0.1) is 0 Å². The van der Waals surface area contributed by atoms with Crippen LogP contribution in [0.2, 0.25) is 0 Å². The van der Waals surface area contributed by atoms with Crippen LogP contribution in [0.25, 0.3) is 0 Å². The molecule has 1 aromatic rings. The second-order valence-electron chi connectivity index (χ2n) is 9.55. The van der Waals surface area contributed by atoms with E-state index in [1.54, 1.807) is 24.3 Å². The van der Waals surface area contributed by atoms with Crippen LogP contribution < -0.4 is 32.3 Å². The van der Waals surface area contributed by atoms with Crippen molar-refractivity contribution < 1.29 is 58.8 Å². The molecule has 18 nitrogen and oxygen atoms in total. The molecule has 44 heavy (non-hydrogen) atoms. The molecule has 0 bridgehead atoms. The number of primary amides is 1. The molecule has 0 aliphatic heterocycles. The summed E-state index contributed by atoms with van der Waals surface area (Å²) in [5, 5.41) is 47.6. The molecule has 0 heterocycles. The summed E-state index contributed by atoms with van der Waals surface area (Å²) in [6, 6.07) is 0.793. The second kappa shape index (κ2) is 18.9. The molecule has 2 unspecified atom stereocenters. The fraction of sp³-hybridized carbons (Fsp3) is 0.462. The first kappa shape index (κ1) is 36.6. The third-order valence-corrected chi connectivity index (χ3v) is 5.96. The monoisotopic (exact) mass is 624 g/mol. The van der Waals surface area contributed by atoms with Crippen molar-refractivity contribution in [2.24, 2.45) is 5.73 Å². The van der Waals surface area contributed by atoms with Crippen LogP contribution in [0.4, 0.5) is 9.59 Å². The van der Waals surface area contributed by atoms with E-state index >= 15 is 0 Å². The van der Waals surface area contributed by atoms with Crippen LogP contribution >= 0.6 is 0 Å². The summed E-state index contributed by atoms with van der Waals surface area (Å²) in [6.45, 7) is 0.327. The number of carbonyl (C=O) groups is 8. The molecule has 0 aromatic heterocycles. The van der Waals surface area contributed by atoms with Crippen molar-refractivity contribution in [2.75, 3.05) is 6.54 Å². The van der Waals surface area contributed by atoms with Gasteiger partial charge in [-0.15, -0.1) is 0 Å². The lowest BCUT2D eigenvalue weighted by Gasteiger charge is -2.18. The van der Waals surface area contributed by atoms with Crippen LogP contribution in [-0.4, -0.2) is 92.9 Å². The van der Waals surface area contributed by atoms with Crippen molar-refractivity contribution in [3.05, 3.63) is 35.4 Å². The second-order valence-corrected chi connectivity index (χ2v) is 9.55. The molecule has 0 radical (unpaired) electrons. The SMILES string of the molecule is NC(=O)C(CC(=O)O)NC(=O)Cc1ccc(CNC(=O)NCCCCC(NC(=O)N[C@@H](CCC(=O)O)C(=O)O)C(=O)O)cc1. The van der Waals surface area contributed by atoms with E-state index in [9.17, 15) is 43.5 Å². The number of nitrogens with one attached hydrogen (secondary N) is 5. The summed E-state index contributed by atoms with van der Waals surface area (Å²) < 4.78 is 0. The van der Waals surface area contributed by atoms with Gasteiger partial charge in [0.05, 0.1) is 12.8 Å². The number of rotatable bonds is 20. The Bertz CT molecular complexity index is 1210. The Morgan fingerprint density at radius 3 is 1.75 bits per heavy atom. The third-order valence-electron chi connectivity index (χ3n) is 5.96. The standard InChI is InChI=1S/C26H36N6O12/c27-22(38)18(12-21(36)37)30-19(33)11-14-4-6-15(7-5-14)13-29-25(43)28-10-2-1-3-16(23(39)40)31-26(44)32-17(24(41)42)8-9-20(34)35/h4-7,16-18H,1-3,8-13H2,(H2,27,38)(H,30,33)(H,34,35)(H,36,37)(H,39,40)(H,41,42)(H2,28,29,43)(H2,31,32,44)/t16?,17-,18?/m0/s1. The van der Waals surface area contributed by atoms with Crippen molar-refractivity contribution in [3.63, 3.8) is 0 Å². The number of urea groups is 2. The summed E-state index contributed by atoms with van der Waals surface area (Å²) in [4.78, 5) is 91.6. The normalized spacial score (nSPS) is 12.5. The molecular weight excluding hydrogens is 588 g/mol. The molecule has 0 aliphatic rings. The van der Waals surface area contributed by atoms with E-state index < -0.39 is 78.7 Å². The number of aliphatic carboxylic acids is 4. The molecule has 0 saturated carbocycles. The molecule has 0 spiro atoms. The zero-order valence-corrected chi connectivity index (χ0v) is 23.5. The molecular formula is C26H36N6O12. The van der Waals surface area contributed by atoms with Crippen molar-refractivity contribution in [1.82, 2.24) is 26.6 Å². The van der Waals surface area contributed by atoms with Gasteiger partial charge >= 0.3 is 35.9 Å². The van der Waals surface area contributed by atoms with E-state index in [-0.39, 0.29) is 38.8 Å². The van der Waals surface area contributed by atoms with E-state index in [2.05, 4.69) is 21.3 Å². The van der Waals surface area contributed by atoms with E-state index in [1.807, 2.05) is 5.32 Å². The molecule has 6 amide bonds. The first-order chi connectivity index (χ1) is 20.7. The lowest BCUT2D eigenvalue weighted by atomic mass is 10.1. The fourth-order valence-corrected chi connectivity index (χ4v) is 3.66. The lowest BCUT2D eigenvalue weighted by Crippen LogP contribution is -2.51. The maximum atomic E-state index is 12.1. The van der Waals surface area contributed by atoms with Crippen molar-refractivity contribution in [3.8, 4) is 0 Å². The molecule has 1 rings (SSSR count). The summed E-state index contributed by atoms with van der Waals surface area (Å²) in [5.74, 6) is -6.92. The first-order valence-corrected chi connectivity index (χ1v) is 13.3. The number of nitrogens with two attached hydrogens (primary N) is 1. The van der Waals surface area contributed by atoms with Crippen LogP contribution in [0.15, 0.2) is 24.3 Å². The Kier molecular flexibility index (Phi) is 15.7. The predicted octanol–water partition coefficient (Wildman–Crippen LogP) is -1.29. The van der Waals surface area contributed by atoms with Gasteiger partial charge in [-0.1, -0.05) is 24.3 Å². The Hall–Kier alpha value is -5.42. The van der Waals surface area contributed by atoms with E-state index in [4.69, 9.17) is 21.1 Å². The quantitative estimate of drug-likeness (QED) is 0.0758. The average molecular weight is 625 g/mol. The maximum absolute atomic E-state index is 12.1. The summed E-state index contributed by atoms with van der Waals surface area (Å²) in [6.07, 6.45) is -1.04. The van der Waals surface area contributed by atoms with Gasteiger partial charge in [0.2, 0.25) is 11.8 Å². The maximum Gasteiger partial charge on any atom is 0.326 e. The number of amides is 6. The molecule has 1 aromatic carbocycles. The Morgan fingerprint density at radius 2 is 1.23 bits per heavy atom. The summed E-state index contributed by atoms with van der Waals surface area (Å²) in [7, 11) is 0. The molecule has 0 aliphatic carbocycles. The summed E-state index contributed by atoms with van der Waals surface area (Å²) in [5.41, 5.74) is 6.37. The molecule has 242 valence electrons. The van der Waals surface area contributed by atoms with Crippen LogP contribution in [0.1, 0.15) is 49.7 Å². The number of hydrogen-bond acceptors (Lipinski definition) is 8. The van der Waals surface area contributed by atoms with Crippen LogP contribution in [0.3, 0.4) is 0 Å². The zero-order chi connectivity index (χ0) is 33.2. The smallest absolute Gasteiger partial charge is 0.326 e. The molecule has 0 saturated heterocycles. The Morgan fingerprint density at radius 1 is 0.659 bits per heavy atom. The van der Waals surface area contributed by atoms with E-state index in [0.29, 0.717) is 17.5 Å². The highest BCUT2D eigenvalue weighted by Gasteiger charge is 2.25. The zero-order valence-electron chi connectivity index (χ0n) is 23.5. The first-order valence-electron chi connectivity index (χ1n) is 13.3. The van der Waals surface area contributed by atoms with Gasteiger partial charge in [-0.05, 0) is 36.8 Å². The van der Waals surface area contributed by atoms with Gasteiger partial charge in [0.25, 0.3) is 0 Å². The topological polar surface area (TPSA) is 304 Å². The number of hydrogen-bond donors (Lipinski definition) is 10. The highest BCUT2D eigenvalue weighted by molar-refractivity contribution is 5.90. The van der Waals surface area contributed by atoms with E-state index in [0.717, 1.165) is 0 Å². The van der Waals surface area contributed by atoms with Gasteiger partial charge < -0.3 is 52.7 Å².